The summed E-state index contributed by atoms with van der Waals surface area (Å²) >= 11 is 0. The number of hydrogen-bond donors (Lipinski definition) is 2. The van der Waals surface area contributed by atoms with E-state index in [2.05, 4.69) is 47.6 Å². The van der Waals surface area contributed by atoms with Gasteiger partial charge in [-0.2, -0.15) is 0 Å². The Balaban J connectivity index is 1.58. The molecule has 0 saturated heterocycles. The molecule has 0 aliphatic heterocycles. The first kappa shape index (κ1) is 23.9. The number of hydrogen-bond acceptors (Lipinski definition) is 2. The Morgan fingerprint density at radius 2 is 1.55 bits per heavy atom. The van der Waals surface area contributed by atoms with Crippen LogP contribution in [0.2, 0.25) is 0 Å². The normalized spacial score (nSPS) is 55.3. The standard InChI is InChI=1S/C30H48O3/c1-25(2)14-15-26(3)16-17-28(5)19(20(26)18-25)8-9-21-27(4)12-11-23(31)30(7,24(32)33)22(27)10-13-29(21,28)6/h8,20-23,31H,9-18H2,1-7H3,(H,32,33)/t20-,21-,22-,23+,26-,27+,28-,29+,30-/m1/s1. The quantitative estimate of drug-likeness (QED) is 0.409. The van der Waals surface area contributed by atoms with E-state index < -0.39 is 17.5 Å². The second-order valence-corrected chi connectivity index (χ2v) is 15.0. The van der Waals surface area contributed by atoms with Crippen LogP contribution in [-0.4, -0.2) is 22.3 Å². The van der Waals surface area contributed by atoms with E-state index in [0.717, 1.165) is 25.7 Å². The fourth-order valence-corrected chi connectivity index (χ4v) is 10.5. The maximum Gasteiger partial charge on any atom is 0.312 e. The van der Waals surface area contributed by atoms with E-state index in [0.29, 0.717) is 29.1 Å². The summed E-state index contributed by atoms with van der Waals surface area (Å²) in [5.74, 6) is 0.432. The molecule has 5 aliphatic rings. The lowest BCUT2D eigenvalue weighted by atomic mass is 9.33. The third-order valence-corrected chi connectivity index (χ3v) is 13.2. The molecule has 0 radical (unpaired) electrons. The Kier molecular flexibility index (Phi) is 4.99. The monoisotopic (exact) mass is 456 g/mol. The van der Waals surface area contributed by atoms with Gasteiger partial charge in [0.05, 0.1) is 11.5 Å². The van der Waals surface area contributed by atoms with E-state index in [1.807, 2.05) is 6.92 Å². The molecule has 0 aromatic carbocycles. The average Bonchev–Trinajstić information content (AvgIpc) is 2.72. The zero-order valence-electron chi connectivity index (χ0n) is 22.3. The summed E-state index contributed by atoms with van der Waals surface area (Å²) in [7, 11) is 0. The minimum Gasteiger partial charge on any atom is -0.481 e. The molecule has 2 N–H and O–H groups in total. The molecular weight excluding hydrogens is 408 g/mol. The Morgan fingerprint density at radius 3 is 2.21 bits per heavy atom. The van der Waals surface area contributed by atoms with Crippen LogP contribution in [0.4, 0.5) is 0 Å². The van der Waals surface area contributed by atoms with Crippen LogP contribution in [-0.2, 0) is 4.79 Å². The van der Waals surface area contributed by atoms with Crippen molar-refractivity contribution in [1.29, 1.82) is 0 Å². The number of carboxylic acids is 1. The highest BCUT2D eigenvalue weighted by Crippen LogP contribution is 2.75. The third kappa shape index (κ3) is 2.87. The number of carbonyl (C=O) groups is 1. The predicted molar refractivity (Wildman–Crippen MR) is 133 cm³/mol. The maximum atomic E-state index is 12.5. The third-order valence-electron chi connectivity index (χ3n) is 13.2. The van der Waals surface area contributed by atoms with Crippen LogP contribution in [0.25, 0.3) is 0 Å². The SMILES string of the molecule is CC1(C)CC[C@]2(C)CC[C@]3(C)C(=CC[C@@H]4[C@]5(C)CC[C@H](O)[C@](C)(C(=O)O)[C@@H]5CC[C@@]43C)[C@H]2C1. The minimum absolute atomic E-state index is 0.0308. The van der Waals surface area contributed by atoms with Crippen molar-refractivity contribution in [3.63, 3.8) is 0 Å². The Labute approximate surface area is 201 Å². The van der Waals surface area contributed by atoms with E-state index >= 15 is 0 Å². The first-order valence-corrected chi connectivity index (χ1v) is 13.8. The highest BCUT2D eigenvalue weighted by Gasteiger charge is 2.69. The van der Waals surface area contributed by atoms with Crippen molar-refractivity contribution in [1.82, 2.24) is 0 Å². The van der Waals surface area contributed by atoms with Crippen molar-refractivity contribution in [2.24, 2.45) is 50.2 Å². The van der Waals surface area contributed by atoms with Gasteiger partial charge in [-0.15, -0.1) is 0 Å². The van der Waals surface area contributed by atoms with Crippen molar-refractivity contribution in [2.75, 3.05) is 0 Å². The highest BCUT2D eigenvalue weighted by atomic mass is 16.4. The molecule has 5 rings (SSSR count). The van der Waals surface area contributed by atoms with Crippen LogP contribution < -0.4 is 0 Å². The lowest BCUT2D eigenvalue weighted by molar-refractivity contribution is -0.216. The minimum atomic E-state index is -1.03. The number of aliphatic hydroxyl groups is 1. The average molecular weight is 457 g/mol. The smallest absolute Gasteiger partial charge is 0.312 e. The van der Waals surface area contributed by atoms with Gasteiger partial charge >= 0.3 is 5.97 Å². The van der Waals surface area contributed by atoms with Gasteiger partial charge in [0.2, 0.25) is 0 Å². The topological polar surface area (TPSA) is 57.5 Å². The molecule has 0 spiro atoms. The van der Waals surface area contributed by atoms with Crippen molar-refractivity contribution >= 4 is 5.97 Å². The van der Waals surface area contributed by atoms with Gasteiger partial charge in [0.15, 0.2) is 0 Å². The summed E-state index contributed by atoms with van der Waals surface area (Å²) in [4.78, 5) is 12.5. The highest BCUT2D eigenvalue weighted by molar-refractivity contribution is 5.76. The molecule has 0 heterocycles. The van der Waals surface area contributed by atoms with E-state index in [-0.39, 0.29) is 22.2 Å². The fraction of sp³-hybridized carbons (Fsp3) is 0.900. The molecule has 0 amide bonds. The van der Waals surface area contributed by atoms with Crippen LogP contribution in [0.3, 0.4) is 0 Å². The first-order valence-electron chi connectivity index (χ1n) is 13.8. The Hall–Kier alpha value is -0.830. The second kappa shape index (κ2) is 6.89. The van der Waals surface area contributed by atoms with Gasteiger partial charge in [0.1, 0.15) is 0 Å². The van der Waals surface area contributed by atoms with Crippen LogP contribution in [0.5, 0.6) is 0 Å². The lowest BCUT2D eigenvalue weighted by Crippen LogP contribution is -2.66. The predicted octanol–water partition coefficient (Wildman–Crippen LogP) is 7.23. The first-order chi connectivity index (χ1) is 15.1. The number of aliphatic carboxylic acids is 1. The lowest BCUT2D eigenvalue weighted by Gasteiger charge is -2.71. The van der Waals surface area contributed by atoms with Gasteiger partial charge in [-0.3, -0.25) is 4.79 Å². The van der Waals surface area contributed by atoms with Gasteiger partial charge in [0, 0.05) is 0 Å². The molecule has 3 nitrogen and oxygen atoms in total. The van der Waals surface area contributed by atoms with Crippen molar-refractivity contribution in [3.8, 4) is 0 Å². The Morgan fingerprint density at radius 1 is 0.879 bits per heavy atom. The number of rotatable bonds is 1. The molecule has 3 heteroatoms. The summed E-state index contributed by atoms with van der Waals surface area (Å²) in [5, 5.41) is 21.1. The number of aliphatic hydroxyl groups excluding tert-OH is 1. The molecule has 4 fully saturated rings. The molecule has 33 heavy (non-hydrogen) atoms. The van der Waals surface area contributed by atoms with Crippen LogP contribution in [0.1, 0.15) is 113 Å². The molecule has 0 aromatic heterocycles. The zero-order chi connectivity index (χ0) is 24.2. The van der Waals surface area contributed by atoms with Gasteiger partial charge in [-0.25, -0.2) is 0 Å². The van der Waals surface area contributed by atoms with Crippen molar-refractivity contribution in [2.45, 2.75) is 119 Å². The van der Waals surface area contributed by atoms with Gasteiger partial charge in [-0.1, -0.05) is 53.2 Å². The maximum absolute atomic E-state index is 12.5. The molecule has 9 atom stereocenters. The molecule has 0 unspecified atom stereocenters. The number of carboxylic acid groups (broad SMARTS) is 1. The molecule has 0 bridgehead atoms. The van der Waals surface area contributed by atoms with E-state index in [1.165, 1.54) is 32.1 Å². The van der Waals surface area contributed by atoms with Gasteiger partial charge in [-0.05, 0) is 116 Å². The summed E-state index contributed by atoms with van der Waals surface area (Å²) in [6.45, 7) is 16.9. The molecule has 4 saturated carbocycles. The molecule has 0 aromatic rings. The fourth-order valence-electron chi connectivity index (χ4n) is 10.5. The van der Waals surface area contributed by atoms with Crippen LogP contribution in [0.15, 0.2) is 11.6 Å². The number of fused-ring (bicyclic) bond motifs is 7. The van der Waals surface area contributed by atoms with Gasteiger partial charge < -0.3 is 10.2 Å². The van der Waals surface area contributed by atoms with E-state index in [1.54, 1.807) is 5.57 Å². The summed E-state index contributed by atoms with van der Waals surface area (Å²) in [6.07, 6.45) is 13.2. The zero-order valence-corrected chi connectivity index (χ0v) is 22.3. The van der Waals surface area contributed by atoms with E-state index in [9.17, 15) is 15.0 Å². The molecular formula is C30H48O3. The van der Waals surface area contributed by atoms with Crippen LogP contribution >= 0.6 is 0 Å². The summed E-state index contributed by atoms with van der Waals surface area (Å²) in [5.41, 5.74) is 1.98. The second-order valence-electron chi connectivity index (χ2n) is 15.0. The molecule has 186 valence electrons. The molecule has 5 aliphatic carbocycles. The summed E-state index contributed by atoms with van der Waals surface area (Å²) < 4.78 is 0. The Bertz CT molecular complexity index is 889. The van der Waals surface area contributed by atoms with Crippen molar-refractivity contribution < 1.29 is 15.0 Å². The van der Waals surface area contributed by atoms with Crippen LogP contribution in [0, 0.1) is 50.2 Å². The van der Waals surface area contributed by atoms with E-state index in [4.69, 9.17) is 0 Å². The van der Waals surface area contributed by atoms with Gasteiger partial charge in [0.25, 0.3) is 0 Å². The van der Waals surface area contributed by atoms with Crippen molar-refractivity contribution in [3.05, 3.63) is 11.6 Å². The number of allylic oxidation sites excluding steroid dienone is 2. The largest absolute Gasteiger partial charge is 0.481 e. The summed E-state index contributed by atoms with van der Waals surface area (Å²) in [6, 6.07) is 0.